The first-order valence-corrected chi connectivity index (χ1v) is 7.02. The first kappa shape index (κ1) is 15.4. The average molecular weight is 291 g/mol. The van der Waals surface area contributed by atoms with Crippen LogP contribution in [0.4, 0.5) is 5.69 Å². The van der Waals surface area contributed by atoms with Crippen molar-refractivity contribution in [2.24, 2.45) is 0 Å². The maximum atomic E-state index is 12.4. The summed E-state index contributed by atoms with van der Waals surface area (Å²) in [5.74, 6) is -0.0770. The Bertz CT molecular complexity index is 562. The van der Waals surface area contributed by atoms with Crippen LogP contribution in [0.15, 0.2) is 24.3 Å². The Kier molecular flexibility index (Phi) is 3.94. The summed E-state index contributed by atoms with van der Waals surface area (Å²) >= 11 is 0. The van der Waals surface area contributed by atoms with Gasteiger partial charge in [0, 0.05) is 0 Å². The van der Waals surface area contributed by atoms with Crippen molar-refractivity contribution in [1.29, 1.82) is 0 Å². The molecule has 1 aromatic rings. The van der Waals surface area contributed by atoms with E-state index in [1.54, 1.807) is 52.8 Å². The zero-order chi connectivity index (χ0) is 15.8. The van der Waals surface area contributed by atoms with Crippen molar-refractivity contribution in [3.05, 3.63) is 24.3 Å². The van der Waals surface area contributed by atoms with Crippen molar-refractivity contribution in [3.63, 3.8) is 0 Å². The standard InChI is InChI=1S/C16H21NO4/c1-10(15(19)21-16(3,4)5)17-12-8-6-7-9-13(12)20-11(2)14(17)18/h6-11H,1-5H3. The van der Waals surface area contributed by atoms with E-state index in [0.717, 1.165) is 0 Å². The highest BCUT2D eigenvalue weighted by Crippen LogP contribution is 2.35. The van der Waals surface area contributed by atoms with Crippen LogP contribution in [-0.4, -0.2) is 29.6 Å². The van der Waals surface area contributed by atoms with Crippen LogP contribution in [0.2, 0.25) is 0 Å². The van der Waals surface area contributed by atoms with Gasteiger partial charge in [-0.25, -0.2) is 4.79 Å². The lowest BCUT2D eigenvalue weighted by atomic mass is 10.1. The largest absolute Gasteiger partial charge is 0.479 e. The number of rotatable bonds is 2. The van der Waals surface area contributed by atoms with E-state index in [0.29, 0.717) is 11.4 Å². The van der Waals surface area contributed by atoms with Crippen molar-refractivity contribution in [2.45, 2.75) is 52.4 Å². The molecule has 0 radical (unpaired) electrons. The van der Waals surface area contributed by atoms with Gasteiger partial charge in [-0.05, 0) is 46.8 Å². The van der Waals surface area contributed by atoms with Crippen LogP contribution in [0.25, 0.3) is 0 Å². The summed E-state index contributed by atoms with van der Waals surface area (Å²) in [4.78, 5) is 26.1. The van der Waals surface area contributed by atoms with Gasteiger partial charge < -0.3 is 9.47 Å². The summed E-state index contributed by atoms with van der Waals surface area (Å²) in [6.45, 7) is 8.74. The van der Waals surface area contributed by atoms with Crippen LogP contribution in [-0.2, 0) is 14.3 Å². The molecule has 21 heavy (non-hydrogen) atoms. The molecule has 114 valence electrons. The minimum Gasteiger partial charge on any atom is -0.479 e. The molecule has 1 amide bonds. The van der Waals surface area contributed by atoms with Crippen LogP contribution in [0.1, 0.15) is 34.6 Å². The van der Waals surface area contributed by atoms with Gasteiger partial charge in [0.05, 0.1) is 5.69 Å². The van der Waals surface area contributed by atoms with Crippen LogP contribution in [0.3, 0.4) is 0 Å². The van der Waals surface area contributed by atoms with Gasteiger partial charge in [-0.3, -0.25) is 9.69 Å². The van der Waals surface area contributed by atoms with Crippen LogP contribution in [0, 0.1) is 0 Å². The maximum Gasteiger partial charge on any atom is 0.329 e. The number of anilines is 1. The molecule has 0 aromatic heterocycles. The summed E-state index contributed by atoms with van der Waals surface area (Å²) < 4.78 is 10.9. The lowest BCUT2D eigenvalue weighted by molar-refractivity contribution is -0.157. The zero-order valence-electron chi connectivity index (χ0n) is 13.0. The number of carbonyl (C=O) groups is 2. The van der Waals surface area contributed by atoms with Crippen LogP contribution < -0.4 is 9.64 Å². The van der Waals surface area contributed by atoms with E-state index >= 15 is 0 Å². The third kappa shape index (κ3) is 3.17. The van der Waals surface area contributed by atoms with Crippen molar-refractivity contribution in [3.8, 4) is 5.75 Å². The Hall–Kier alpha value is -2.04. The molecule has 1 heterocycles. The van der Waals surface area contributed by atoms with Crippen molar-refractivity contribution in [1.82, 2.24) is 0 Å². The fourth-order valence-corrected chi connectivity index (χ4v) is 2.20. The molecule has 0 N–H and O–H groups in total. The maximum absolute atomic E-state index is 12.4. The highest BCUT2D eigenvalue weighted by Gasteiger charge is 2.38. The Morgan fingerprint density at radius 1 is 1.33 bits per heavy atom. The minimum atomic E-state index is -0.704. The molecule has 1 aliphatic rings. The van der Waals surface area contributed by atoms with Gasteiger partial charge in [-0.2, -0.15) is 0 Å². The van der Waals surface area contributed by atoms with Gasteiger partial charge in [0.15, 0.2) is 6.10 Å². The molecule has 0 fully saturated rings. The SMILES string of the molecule is CC1Oc2ccccc2N(C(C)C(=O)OC(C)(C)C)C1=O. The van der Waals surface area contributed by atoms with Crippen molar-refractivity contribution in [2.75, 3.05) is 4.90 Å². The molecule has 1 aromatic carbocycles. The molecule has 5 nitrogen and oxygen atoms in total. The Morgan fingerprint density at radius 3 is 2.57 bits per heavy atom. The minimum absolute atomic E-state index is 0.243. The Labute approximate surface area is 124 Å². The molecule has 0 aliphatic carbocycles. The molecule has 5 heteroatoms. The number of hydrogen-bond acceptors (Lipinski definition) is 4. The molecule has 0 saturated carbocycles. The summed E-state index contributed by atoms with van der Waals surface area (Å²) in [5.41, 5.74) is 0.00480. The predicted octanol–water partition coefficient (Wildman–Crippen LogP) is 2.53. The number of benzene rings is 1. The highest BCUT2D eigenvalue weighted by atomic mass is 16.6. The lowest BCUT2D eigenvalue weighted by Crippen LogP contribution is -2.52. The Morgan fingerprint density at radius 2 is 1.95 bits per heavy atom. The second kappa shape index (κ2) is 5.39. The van der Waals surface area contributed by atoms with Crippen LogP contribution >= 0.6 is 0 Å². The third-order valence-corrected chi connectivity index (χ3v) is 3.15. The molecular formula is C16H21NO4. The van der Waals surface area contributed by atoms with Crippen LogP contribution in [0.5, 0.6) is 5.75 Å². The smallest absolute Gasteiger partial charge is 0.329 e. The van der Waals surface area contributed by atoms with E-state index in [4.69, 9.17) is 9.47 Å². The van der Waals surface area contributed by atoms with E-state index < -0.39 is 23.7 Å². The number of amides is 1. The second-order valence-corrected chi connectivity index (χ2v) is 6.15. The third-order valence-electron chi connectivity index (χ3n) is 3.15. The molecule has 2 rings (SSSR count). The van der Waals surface area contributed by atoms with Gasteiger partial charge in [-0.15, -0.1) is 0 Å². The van der Waals surface area contributed by atoms with E-state index in [2.05, 4.69) is 0 Å². The Balaban J connectivity index is 2.33. The first-order chi connectivity index (χ1) is 9.70. The molecular weight excluding hydrogens is 270 g/mol. The quantitative estimate of drug-likeness (QED) is 0.786. The summed E-state index contributed by atoms with van der Waals surface area (Å²) in [7, 11) is 0. The normalized spacial score (nSPS) is 19.6. The topological polar surface area (TPSA) is 55.8 Å². The first-order valence-electron chi connectivity index (χ1n) is 7.02. The number of ether oxygens (including phenoxy) is 2. The van der Waals surface area contributed by atoms with E-state index in [1.165, 1.54) is 4.90 Å². The van der Waals surface area contributed by atoms with Crippen molar-refractivity contribution < 1.29 is 19.1 Å². The summed E-state index contributed by atoms with van der Waals surface area (Å²) in [6, 6.07) is 6.48. The molecule has 2 atom stereocenters. The molecule has 2 unspecified atom stereocenters. The lowest BCUT2D eigenvalue weighted by Gasteiger charge is -2.36. The molecule has 0 saturated heterocycles. The predicted molar refractivity (Wildman–Crippen MR) is 79.3 cm³/mol. The number of nitrogens with zero attached hydrogens (tertiary/aromatic N) is 1. The fourth-order valence-electron chi connectivity index (χ4n) is 2.20. The number of esters is 1. The van der Waals surface area contributed by atoms with E-state index in [9.17, 15) is 9.59 Å². The average Bonchev–Trinajstić information content (AvgIpc) is 2.37. The molecule has 1 aliphatic heterocycles. The fraction of sp³-hybridized carbons (Fsp3) is 0.500. The van der Waals surface area contributed by atoms with Gasteiger partial charge in [-0.1, -0.05) is 12.1 Å². The second-order valence-electron chi connectivity index (χ2n) is 6.15. The summed E-state index contributed by atoms with van der Waals surface area (Å²) in [5, 5.41) is 0. The summed E-state index contributed by atoms with van der Waals surface area (Å²) in [6.07, 6.45) is -0.621. The zero-order valence-corrected chi connectivity index (χ0v) is 13.0. The number of hydrogen-bond donors (Lipinski definition) is 0. The van der Waals surface area contributed by atoms with Gasteiger partial charge in [0.2, 0.25) is 0 Å². The number of para-hydroxylation sites is 2. The van der Waals surface area contributed by atoms with Gasteiger partial charge in [0.25, 0.3) is 5.91 Å². The monoisotopic (exact) mass is 291 g/mol. The van der Waals surface area contributed by atoms with E-state index in [1.807, 2.05) is 6.07 Å². The number of carbonyl (C=O) groups excluding carboxylic acids is 2. The molecule has 0 spiro atoms. The molecule has 0 bridgehead atoms. The van der Waals surface area contributed by atoms with E-state index in [-0.39, 0.29) is 5.91 Å². The van der Waals surface area contributed by atoms with Crippen molar-refractivity contribution >= 4 is 17.6 Å². The number of fused-ring (bicyclic) bond motifs is 1. The highest BCUT2D eigenvalue weighted by molar-refractivity contribution is 6.04. The van der Waals surface area contributed by atoms with Gasteiger partial charge in [0.1, 0.15) is 17.4 Å². The van der Waals surface area contributed by atoms with Gasteiger partial charge >= 0.3 is 5.97 Å².